The van der Waals surface area contributed by atoms with E-state index in [0.717, 1.165) is 0 Å². The zero-order valence-corrected chi connectivity index (χ0v) is 8.84. The van der Waals surface area contributed by atoms with Gasteiger partial charge in [0.1, 0.15) is 5.54 Å². The Morgan fingerprint density at radius 3 is 2.43 bits per heavy atom. The molecule has 1 saturated carbocycles. The standard InChI is InChI=1S/C8H13NO4S/c1-13-7(10)8(3-4-8)9-5-2-6-14(9,11)12/h2-6H2,1H3. The Hall–Kier alpha value is -0.620. The van der Waals surface area contributed by atoms with Crippen molar-refractivity contribution in [1.82, 2.24) is 4.31 Å². The zero-order chi connectivity index (χ0) is 10.4. The number of nitrogens with zero attached hydrogens (tertiary/aromatic N) is 1. The van der Waals surface area contributed by atoms with Crippen molar-refractivity contribution in [2.45, 2.75) is 24.8 Å². The summed E-state index contributed by atoms with van der Waals surface area (Å²) in [6.45, 7) is 0.456. The zero-order valence-electron chi connectivity index (χ0n) is 8.02. The molecule has 1 heterocycles. The molecule has 0 N–H and O–H groups in total. The van der Waals surface area contributed by atoms with Crippen molar-refractivity contribution in [3.63, 3.8) is 0 Å². The van der Waals surface area contributed by atoms with E-state index in [0.29, 0.717) is 25.8 Å². The highest BCUT2D eigenvalue weighted by Gasteiger charge is 2.60. The van der Waals surface area contributed by atoms with Gasteiger partial charge in [-0.15, -0.1) is 0 Å². The highest BCUT2D eigenvalue weighted by Crippen LogP contribution is 2.46. The molecule has 5 nitrogen and oxygen atoms in total. The van der Waals surface area contributed by atoms with Gasteiger partial charge in [0.05, 0.1) is 12.9 Å². The van der Waals surface area contributed by atoms with E-state index in [1.165, 1.54) is 11.4 Å². The Balaban J connectivity index is 2.27. The van der Waals surface area contributed by atoms with Gasteiger partial charge in [0.2, 0.25) is 10.0 Å². The van der Waals surface area contributed by atoms with Gasteiger partial charge in [-0.1, -0.05) is 0 Å². The van der Waals surface area contributed by atoms with Gasteiger partial charge in [0.25, 0.3) is 0 Å². The third-order valence-electron chi connectivity index (χ3n) is 2.87. The van der Waals surface area contributed by atoms with Crippen molar-refractivity contribution in [2.75, 3.05) is 19.4 Å². The van der Waals surface area contributed by atoms with Gasteiger partial charge >= 0.3 is 5.97 Å². The topological polar surface area (TPSA) is 63.7 Å². The van der Waals surface area contributed by atoms with E-state index in [4.69, 9.17) is 0 Å². The smallest absolute Gasteiger partial charge is 0.327 e. The molecular formula is C8H13NO4S. The van der Waals surface area contributed by atoms with Gasteiger partial charge in [0, 0.05) is 6.54 Å². The average molecular weight is 219 g/mol. The highest BCUT2D eigenvalue weighted by atomic mass is 32.2. The summed E-state index contributed by atoms with van der Waals surface area (Å²) in [5, 5.41) is 0. The van der Waals surface area contributed by atoms with Crippen molar-refractivity contribution in [3.05, 3.63) is 0 Å². The summed E-state index contributed by atoms with van der Waals surface area (Å²) in [5.41, 5.74) is -0.843. The van der Waals surface area contributed by atoms with Crippen molar-refractivity contribution in [1.29, 1.82) is 0 Å². The molecule has 2 rings (SSSR count). The molecule has 0 amide bonds. The Morgan fingerprint density at radius 2 is 2.07 bits per heavy atom. The number of ether oxygens (including phenoxy) is 1. The lowest BCUT2D eigenvalue weighted by molar-refractivity contribution is -0.146. The van der Waals surface area contributed by atoms with Crippen molar-refractivity contribution in [2.24, 2.45) is 0 Å². The van der Waals surface area contributed by atoms with Gasteiger partial charge in [-0.05, 0) is 19.3 Å². The fourth-order valence-electron chi connectivity index (χ4n) is 1.98. The molecule has 80 valence electrons. The van der Waals surface area contributed by atoms with Crippen molar-refractivity contribution < 1.29 is 17.9 Å². The maximum atomic E-state index is 11.6. The first-order chi connectivity index (χ1) is 6.53. The minimum Gasteiger partial charge on any atom is -0.468 e. The lowest BCUT2D eigenvalue weighted by Crippen LogP contribution is -2.45. The van der Waals surface area contributed by atoms with Crippen LogP contribution in [0.25, 0.3) is 0 Å². The van der Waals surface area contributed by atoms with Crippen LogP contribution >= 0.6 is 0 Å². The summed E-state index contributed by atoms with van der Waals surface area (Å²) in [6.07, 6.45) is 1.80. The lowest BCUT2D eigenvalue weighted by atomic mass is 10.2. The molecule has 1 aliphatic heterocycles. The summed E-state index contributed by atoms with van der Waals surface area (Å²) in [5.74, 6) is -0.255. The summed E-state index contributed by atoms with van der Waals surface area (Å²) >= 11 is 0. The minimum atomic E-state index is -3.20. The van der Waals surface area contributed by atoms with E-state index in [9.17, 15) is 13.2 Å². The Kier molecular flexibility index (Phi) is 2.08. The molecule has 6 heteroatoms. The van der Waals surface area contributed by atoms with Crippen molar-refractivity contribution >= 4 is 16.0 Å². The fourth-order valence-corrected chi connectivity index (χ4v) is 3.89. The van der Waals surface area contributed by atoms with Crippen LogP contribution < -0.4 is 0 Å². The molecular weight excluding hydrogens is 206 g/mol. The second kappa shape index (κ2) is 2.93. The molecule has 0 aromatic rings. The third-order valence-corrected chi connectivity index (χ3v) is 4.87. The van der Waals surface area contributed by atoms with E-state index < -0.39 is 21.5 Å². The van der Waals surface area contributed by atoms with Gasteiger partial charge < -0.3 is 4.74 Å². The molecule has 14 heavy (non-hydrogen) atoms. The number of carbonyl (C=O) groups excluding carboxylic acids is 1. The molecule has 0 aromatic heterocycles. The van der Waals surface area contributed by atoms with Crippen LogP contribution in [0.2, 0.25) is 0 Å². The third kappa shape index (κ3) is 1.25. The molecule has 0 unspecified atom stereocenters. The molecule has 2 aliphatic rings. The van der Waals surface area contributed by atoms with Crippen LogP contribution in [0, 0.1) is 0 Å². The Bertz CT molecular complexity index is 358. The van der Waals surface area contributed by atoms with Crippen LogP contribution in [-0.2, 0) is 19.6 Å². The quantitative estimate of drug-likeness (QED) is 0.600. The number of hydrogen-bond acceptors (Lipinski definition) is 4. The molecule has 0 spiro atoms. The number of methoxy groups -OCH3 is 1. The predicted molar refractivity (Wildman–Crippen MR) is 49.1 cm³/mol. The van der Waals surface area contributed by atoms with E-state index >= 15 is 0 Å². The maximum absolute atomic E-state index is 11.6. The molecule has 1 saturated heterocycles. The van der Waals surface area contributed by atoms with E-state index in [1.54, 1.807) is 0 Å². The summed E-state index contributed by atoms with van der Waals surface area (Å²) < 4.78 is 29.1. The highest BCUT2D eigenvalue weighted by molar-refractivity contribution is 7.89. The van der Waals surface area contributed by atoms with Crippen LogP contribution in [0.15, 0.2) is 0 Å². The van der Waals surface area contributed by atoms with Crippen molar-refractivity contribution in [3.8, 4) is 0 Å². The van der Waals surface area contributed by atoms with Crippen LogP contribution in [0.3, 0.4) is 0 Å². The van der Waals surface area contributed by atoms with Crippen LogP contribution in [0.4, 0.5) is 0 Å². The number of hydrogen-bond donors (Lipinski definition) is 0. The number of rotatable bonds is 2. The SMILES string of the molecule is COC(=O)C1(N2CCCS2(=O)=O)CC1. The molecule has 0 radical (unpaired) electrons. The molecule has 1 aliphatic carbocycles. The molecule has 2 fully saturated rings. The Labute approximate surface area is 83.1 Å². The second-order valence-electron chi connectivity index (χ2n) is 3.76. The van der Waals surface area contributed by atoms with Gasteiger partial charge in [-0.25, -0.2) is 8.42 Å². The molecule has 0 aromatic carbocycles. The van der Waals surface area contributed by atoms with E-state index in [2.05, 4.69) is 4.74 Å². The first-order valence-electron chi connectivity index (χ1n) is 4.62. The summed E-state index contributed by atoms with van der Waals surface area (Å²) in [7, 11) is -1.91. The largest absolute Gasteiger partial charge is 0.468 e. The summed E-state index contributed by atoms with van der Waals surface area (Å²) in [4.78, 5) is 11.4. The van der Waals surface area contributed by atoms with Gasteiger partial charge in [0.15, 0.2) is 0 Å². The lowest BCUT2D eigenvalue weighted by Gasteiger charge is -2.23. The number of sulfonamides is 1. The fraction of sp³-hybridized carbons (Fsp3) is 0.875. The Morgan fingerprint density at radius 1 is 1.43 bits per heavy atom. The molecule has 0 atom stereocenters. The normalized spacial score (nSPS) is 28.6. The first-order valence-corrected chi connectivity index (χ1v) is 6.23. The number of carbonyl (C=O) groups is 1. The van der Waals surface area contributed by atoms with Crippen LogP contribution in [0.5, 0.6) is 0 Å². The average Bonchev–Trinajstić information content (AvgIpc) is 2.85. The second-order valence-corrected chi connectivity index (χ2v) is 5.78. The summed E-state index contributed by atoms with van der Waals surface area (Å²) in [6, 6.07) is 0. The molecule has 0 bridgehead atoms. The van der Waals surface area contributed by atoms with Crippen LogP contribution in [-0.4, -0.2) is 43.6 Å². The maximum Gasteiger partial charge on any atom is 0.327 e. The number of esters is 1. The minimum absolute atomic E-state index is 0.158. The van der Waals surface area contributed by atoms with Gasteiger partial charge in [-0.2, -0.15) is 4.31 Å². The van der Waals surface area contributed by atoms with E-state index in [1.807, 2.05) is 0 Å². The van der Waals surface area contributed by atoms with E-state index in [-0.39, 0.29) is 5.75 Å². The predicted octanol–water partition coefficient (Wildman–Crippen LogP) is -0.273. The first kappa shape index (κ1) is 9.92. The van der Waals surface area contributed by atoms with Gasteiger partial charge in [-0.3, -0.25) is 4.79 Å². The van der Waals surface area contributed by atoms with Crippen LogP contribution in [0.1, 0.15) is 19.3 Å². The monoisotopic (exact) mass is 219 g/mol.